The van der Waals surface area contributed by atoms with E-state index in [1.807, 2.05) is 0 Å². The quantitative estimate of drug-likeness (QED) is 0.688. The van der Waals surface area contributed by atoms with Crippen molar-refractivity contribution in [1.29, 1.82) is 0 Å². The van der Waals surface area contributed by atoms with E-state index in [2.05, 4.69) is 43.4 Å². The smallest absolute Gasteiger partial charge is 0.0449 e. The Morgan fingerprint density at radius 1 is 1.46 bits per heavy atom. The molecule has 0 aliphatic carbocycles. The van der Waals surface area contributed by atoms with Crippen LogP contribution in [-0.2, 0) is 6.42 Å². The maximum Gasteiger partial charge on any atom is 0.0449 e. The van der Waals surface area contributed by atoms with Crippen molar-refractivity contribution in [3.05, 3.63) is 35.4 Å². The fourth-order valence-electron chi connectivity index (χ4n) is 1.82. The van der Waals surface area contributed by atoms with Gasteiger partial charge in [-0.1, -0.05) is 24.3 Å². The lowest BCUT2D eigenvalue weighted by Gasteiger charge is -2.08. The molecule has 0 aromatic heterocycles. The van der Waals surface area contributed by atoms with Crippen LogP contribution in [0.2, 0.25) is 0 Å². The molecule has 0 bridgehead atoms. The summed E-state index contributed by atoms with van der Waals surface area (Å²) in [7, 11) is 0. The van der Waals surface area contributed by atoms with E-state index in [1.165, 1.54) is 28.8 Å². The first kappa shape index (κ1) is 8.36. The summed E-state index contributed by atoms with van der Waals surface area (Å²) in [5.74, 6) is 0. The van der Waals surface area contributed by atoms with Crippen molar-refractivity contribution < 1.29 is 0 Å². The Labute approximate surface area is 79.5 Å². The molecule has 2 rings (SSSR count). The number of hydrogen-bond donors (Lipinski definition) is 1. The summed E-state index contributed by atoms with van der Waals surface area (Å²) >= 11 is 0. The van der Waals surface area contributed by atoms with Crippen molar-refractivity contribution in [1.82, 2.24) is 0 Å². The van der Waals surface area contributed by atoms with Crippen molar-refractivity contribution in [2.75, 3.05) is 11.9 Å². The highest BCUT2D eigenvalue weighted by atomic mass is 14.9. The summed E-state index contributed by atoms with van der Waals surface area (Å²) in [5, 5.41) is 3.44. The average Bonchev–Trinajstić information content (AvgIpc) is 2.63. The standard InChI is InChI=1S/C12H15N/c1-3-9(2)11-6-4-5-10-7-8-13-12(10)11/h3-6,13H,7-8H2,1-2H3/b9-3-. The van der Waals surface area contributed by atoms with Gasteiger partial charge in [-0.15, -0.1) is 0 Å². The van der Waals surface area contributed by atoms with Gasteiger partial charge in [0.25, 0.3) is 0 Å². The highest BCUT2D eigenvalue weighted by Gasteiger charge is 2.13. The van der Waals surface area contributed by atoms with Gasteiger partial charge in [0.1, 0.15) is 0 Å². The normalized spacial score (nSPS) is 15.4. The molecular weight excluding hydrogens is 158 g/mol. The number of para-hydroxylation sites is 1. The molecule has 1 aromatic carbocycles. The van der Waals surface area contributed by atoms with Crippen LogP contribution in [0.25, 0.3) is 5.57 Å². The Morgan fingerprint density at radius 3 is 3.08 bits per heavy atom. The van der Waals surface area contributed by atoms with Gasteiger partial charge in [-0.25, -0.2) is 0 Å². The second-order valence-electron chi connectivity index (χ2n) is 3.49. The third-order valence-corrected chi connectivity index (χ3v) is 2.70. The van der Waals surface area contributed by atoms with Gasteiger partial charge in [0, 0.05) is 17.8 Å². The van der Waals surface area contributed by atoms with Gasteiger partial charge in [0.2, 0.25) is 0 Å². The van der Waals surface area contributed by atoms with E-state index >= 15 is 0 Å². The first-order valence-electron chi connectivity index (χ1n) is 4.82. The van der Waals surface area contributed by atoms with Gasteiger partial charge < -0.3 is 5.32 Å². The van der Waals surface area contributed by atoms with Crippen LogP contribution < -0.4 is 5.32 Å². The molecule has 0 fully saturated rings. The second kappa shape index (κ2) is 3.25. The van der Waals surface area contributed by atoms with Crippen LogP contribution in [-0.4, -0.2) is 6.54 Å². The number of hydrogen-bond acceptors (Lipinski definition) is 1. The zero-order chi connectivity index (χ0) is 9.26. The molecule has 0 saturated heterocycles. The van der Waals surface area contributed by atoms with Gasteiger partial charge in [0.05, 0.1) is 0 Å². The molecule has 1 heterocycles. The van der Waals surface area contributed by atoms with Crippen LogP contribution in [0.5, 0.6) is 0 Å². The van der Waals surface area contributed by atoms with Crippen LogP contribution in [0.3, 0.4) is 0 Å². The van der Waals surface area contributed by atoms with Crippen molar-refractivity contribution in [3.8, 4) is 0 Å². The molecule has 0 spiro atoms. The largest absolute Gasteiger partial charge is 0.384 e. The predicted octanol–water partition coefficient (Wildman–Crippen LogP) is 3.08. The highest BCUT2D eigenvalue weighted by molar-refractivity contribution is 5.78. The van der Waals surface area contributed by atoms with E-state index in [-0.39, 0.29) is 0 Å². The molecular formula is C12H15N. The minimum atomic E-state index is 1.09. The molecule has 1 aromatic rings. The SMILES string of the molecule is C/C=C(/C)c1cccc2c1NCC2. The summed E-state index contributed by atoms with van der Waals surface area (Å²) in [6, 6.07) is 6.54. The van der Waals surface area contributed by atoms with E-state index in [4.69, 9.17) is 0 Å². The van der Waals surface area contributed by atoms with Gasteiger partial charge in [-0.2, -0.15) is 0 Å². The highest BCUT2D eigenvalue weighted by Crippen LogP contribution is 2.30. The summed E-state index contributed by atoms with van der Waals surface area (Å²) in [5.41, 5.74) is 5.51. The Balaban J connectivity index is 2.53. The predicted molar refractivity (Wildman–Crippen MR) is 58.0 cm³/mol. The molecule has 68 valence electrons. The Kier molecular flexibility index (Phi) is 2.09. The summed E-state index contributed by atoms with van der Waals surface area (Å²) in [6.45, 7) is 5.34. The molecule has 1 nitrogen and oxygen atoms in total. The van der Waals surface area contributed by atoms with Crippen LogP contribution in [0.15, 0.2) is 24.3 Å². The number of fused-ring (bicyclic) bond motifs is 1. The fraction of sp³-hybridized carbons (Fsp3) is 0.333. The molecule has 0 saturated carbocycles. The maximum absolute atomic E-state index is 3.44. The van der Waals surface area contributed by atoms with Gasteiger partial charge >= 0.3 is 0 Å². The molecule has 1 heteroatoms. The van der Waals surface area contributed by atoms with E-state index in [9.17, 15) is 0 Å². The first-order chi connectivity index (χ1) is 6.33. The fourth-order valence-corrected chi connectivity index (χ4v) is 1.82. The van der Waals surface area contributed by atoms with Gasteiger partial charge in [0.15, 0.2) is 0 Å². The molecule has 1 aliphatic heterocycles. The molecule has 1 N–H and O–H groups in total. The van der Waals surface area contributed by atoms with Gasteiger partial charge in [-0.05, 0) is 31.4 Å². The minimum absolute atomic E-state index is 1.09. The van der Waals surface area contributed by atoms with Crippen molar-refractivity contribution >= 4 is 11.3 Å². The lowest BCUT2D eigenvalue weighted by molar-refractivity contribution is 1.11. The zero-order valence-electron chi connectivity index (χ0n) is 8.22. The summed E-state index contributed by atoms with van der Waals surface area (Å²) in [6.07, 6.45) is 3.33. The zero-order valence-corrected chi connectivity index (χ0v) is 8.22. The summed E-state index contributed by atoms with van der Waals surface area (Å²) in [4.78, 5) is 0. The molecule has 0 atom stereocenters. The Bertz CT molecular complexity index is 350. The van der Waals surface area contributed by atoms with Gasteiger partial charge in [-0.3, -0.25) is 0 Å². The van der Waals surface area contributed by atoms with Crippen LogP contribution in [0.4, 0.5) is 5.69 Å². The molecule has 0 amide bonds. The number of anilines is 1. The Hall–Kier alpha value is -1.24. The van der Waals surface area contributed by atoms with Crippen LogP contribution >= 0.6 is 0 Å². The van der Waals surface area contributed by atoms with Crippen molar-refractivity contribution in [3.63, 3.8) is 0 Å². The average molecular weight is 173 g/mol. The molecule has 13 heavy (non-hydrogen) atoms. The van der Waals surface area contributed by atoms with E-state index in [0.29, 0.717) is 0 Å². The maximum atomic E-state index is 3.44. The monoisotopic (exact) mass is 173 g/mol. The number of rotatable bonds is 1. The Morgan fingerprint density at radius 2 is 2.31 bits per heavy atom. The third-order valence-electron chi connectivity index (χ3n) is 2.70. The minimum Gasteiger partial charge on any atom is -0.384 e. The first-order valence-corrected chi connectivity index (χ1v) is 4.82. The van der Waals surface area contributed by atoms with Crippen molar-refractivity contribution in [2.45, 2.75) is 20.3 Å². The van der Waals surface area contributed by atoms with Crippen LogP contribution in [0, 0.1) is 0 Å². The third kappa shape index (κ3) is 1.35. The lowest BCUT2D eigenvalue weighted by atomic mass is 10.0. The number of allylic oxidation sites excluding steroid dienone is 2. The number of nitrogens with one attached hydrogen (secondary N) is 1. The van der Waals surface area contributed by atoms with E-state index in [0.717, 1.165) is 6.54 Å². The summed E-state index contributed by atoms with van der Waals surface area (Å²) < 4.78 is 0. The lowest BCUT2D eigenvalue weighted by Crippen LogP contribution is -1.94. The second-order valence-corrected chi connectivity index (χ2v) is 3.49. The topological polar surface area (TPSA) is 12.0 Å². The van der Waals surface area contributed by atoms with Crippen molar-refractivity contribution in [2.24, 2.45) is 0 Å². The molecule has 0 radical (unpaired) electrons. The van der Waals surface area contributed by atoms with Crippen LogP contribution in [0.1, 0.15) is 25.0 Å². The molecule has 1 aliphatic rings. The van der Waals surface area contributed by atoms with E-state index in [1.54, 1.807) is 0 Å². The molecule has 0 unspecified atom stereocenters. The number of benzene rings is 1. The van der Waals surface area contributed by atoms with E-state index < -0.39 is 0 Å².